The van der Waals surface area contributed by atoms with Crippen LogP contribution in [-0.4, -0.2) is 11.6 Å². The Balaban J connectivity index is 0.000000360. The third kappa shape index (κ3) is 4.94. The van der Waals surface area contributed by atoms with Gasteiger partial charge in [-0.3, -0.25) is 0 Å². The Labute approximate surface area is 112 Å². The van der Waals surface area contributed by atoms with Gasteiger partial charge in [-0.25, -0.2) is 0 Å². The number of Topliss-reactive ketones (excluding diaryl/α,β-unsaturated/α-hetero) is 2. The van der Waals surface area contributed by atoms with Crippen LogP contribution < -0.4 is 0 Å². The average Bonchev–Trinajstić information content (AvgIpc) is 2.92. The molecule has 0 aliphatic heterocycles. The number of hydrogen-bond donors (Lipinski definition) is 0. The van der Waals surface area contributed by atoms with E-state index in [0.717, 1.165) is 0 Å². The molecule has 0 amide bonds. The third-order valence-corrected chi connectivity index (χ3v) is 2.13. The van der Waals surface area contributed by atoms with Crippen molar-refractivity contribution in [3.63, 3.8) is 0 Å². The number of carbonyl (C=O) groups is 2. The van der Waals surface area contributed by atoms with Gasteiger partial charge in [-0.15, -0.1) is 11.6 Å². The van der Waals surface area contributed by atoms with E-state index < -0.39 is 0 Å². The Morgan fingerprint density at radius 3 is 1.82 bits per heavy atom. The second-order valence-electron chi connectivity index (χ2n) is 3.43. The Bertz CT molecular complexity index is 407. The molecule has 0 bridgehead atoms. The molecule has 0 unspecified atom stereocenters. The average molecular weight is 270 g/mol. The van der Waals surface area contributed by atoms with Gasteiger partial charge in [0.25, 0.3) is 0 Å². The van der Waals surface area contributed by atoms with Crippen molar-refractivity contribution >= 4 is 11.6 Å². The summed E-state index contributed by atoms with van der Waals surface area (Å²) in [4.78, 5) is 21.8. The van der Waals surface area contributed by atoms with E-state index >= 15 is 0 Å². The van der Waals surface area contributed by atoms with Gasteiger partial charge < -0.3 is 39.9 Å². The maximum absolute atomic E-state index is 10.9. The molecule has 0 heterocycles. The second kappa shape index (κ2) is 7.77. The van der Waals surface area contributed by atoms with E-state index in [9.17, 15) is 9.59 Å². The summed E-state index contributed by atoms with van der Waals surface area (Å²) in [5.74, 6) is -0.111. The van der Waals surface area contributed by atoms with Crippen molar-refractivity contribution in [3.8, 4) is 0 Å². The predicted molar refractivity (Wildman–Crippen MR) is 64.1 cm³/mol. The van der Waals surface area contributed by atoms with Crippen LogP contribution in [0.5, 0.6) is 0 Å². The maximum atomic E-state index is 10.9. The number of hydrogen-bond acceptors (Lipinski definition) is 2. The summed E-state index contributed by atoms with van der Waals surface area (Å²) in [5.41, 5.74) is 1.05. The van der Waals surface area contributed by atoms with Crippen LogP contribution in [0.1, 0.15) is 34.6 Å². The zero-order valence-electron chi connectivity index (χ0n) is 9.79. The molecule has 0 aromatic heterocycles. The van der Waals surface area contributed by atoms with Crippen molar-refractivity contribution in [1.82, 2.24) is 0 Å². The minimum atomic E-state index is -0.0554. The fourth-order valence-electron chi connectivity index (χ4n) is 1.35. The smallest absolute Gasteiger partial charge is 0.119 e. The molecule has 0 fully saturated rings. The Hall–Kier alpha value is -1.44. The molecule has 0 aliphatic carbocycles. The molecule has 0 saturated heterocycles. The SMILES string of the molecule is CC(=O)c1ccc[c-]1C(C)=O.[Fe].[cH-]1[cH-][cH-][cH-][cH-]1. The molecule has 0 N–H and O–H groups in total. The van der Waals surface area contributed by atoms with Gasteiger partial charge in [0, 0.05) is 17.1 Å². The first-order valence-corrected chi connectivity index (χ1v) is 5.07. The first kappa shape index (κ1) is 15.6. The van der Waals surface area contributed by atoms with E-state index in [1.165, 1.54) is 13.8 Å². The molecule has 3 heteroatoms. The van der Waals surface area contributed by atoms with Crippen LogP contribution in [-0.2, 0) is 17.1 Å². The second-order valence-corrected chi connectivity index (χ2v) is 3.43. The van der Waals surface area contributed by atoms with Gasteiger partial charge >= 0.3 is 0 Å². The van der Waals surface area contributed by atoms with E-state index in [4.69, 9.17) is 0 Å². The fourth-order valence-corrected chi connectivity index (χ4v) is 1.35. The monoisotopic (exact) mass is 270 g/mol. The molecule has 2 nitrogen and oxygen atoms in total. The van der Waals surface area contributed by atoms with Crippen LogP contribution in [0.25, 0.3) is 0 Å². The number of ketones is 2. The van der Waals surface area contributed by atoms with Crippen LogP contribution in [0.4, 0.5) is 0 Å². The standard InChI is InChI=1S/C9H9O2.C5H5.Fe/c1-6(10)8-4-3-5-9(8)7(2)11;1-2-4-5-3-1;/h3-5H,1-2H3;1-5H;/q-1;-5;. The first-order chi connectivity index (χ1) is 7.63. The van der Waals surface area contributed by atoms with E-state index in [1.54, 1.807) is 18.2 Å². The molecular formula is C14H14FeO2-6. The van der Waals surface area contributed by atoms with Crippen LogP contribution in [0.3, 0.4) is 0 Å². The molecule has 2 aromatic carbocycles. The molecule has 0 aliphatic rings. The zero-order valence-corrected chi connectivity index (χ0v) is 10.9. The molecule has 0 radical (unpaired) electrons. The summed E-state index contributed by atoms with van der Waals surface area (Å²) in [6, 6.07) is 15.0. The quantitative estimate of drug-likeness (QED) is 0.477. The number of carbonyl (C=O) groups excluding carboxylic acids is 2. The summed E-state index contributed by atoms with van der Waals surface area (Å²) < 4.78 is 0. The van der Waals surface area contributed by atoms with Crippen molar-refractivity contribution in [1.29, 1.82) is 0 Å². The molecule has 2 rings (SSSR count). The molecule has 0 spiro atoms. The summed E-state index contributed by atoms with van der Waals surface area (Å²) in [5, 5.41) is 0. The van der Waals surface area contributed by atoms with Crippen LogP contribution in [0, 0.1) is 0 Å². The minimum Gasteiger partial charge on any atom is -0.748 e. The maximum Gasteiger partial charge on any atom is 0.119 e. The molecule has 0 atom stereocenters. The van der Waals surface area contributed by atoms with Gasteiger partial charge in [-0.2, -0.15) is 12.1 Å². The van der Waals surface area contributed by atoms with Crippen molar-refractivity contribution in [2.24, 2.45) is 0 Å². The van der Waals surface area contributed by atoms with E-state index in [0.29, 0.717) is 11.1 Å². The molecule has 0 saturated carbocycles. The van der Waals surface area contributed by atoms with Crippen molar-refractivity contribution in [2.45, 2.75) is 13.8 Å². The van der Waals surface area contributed by atoms with E-state index in [2.05, 4.69) is 0 Å². The fraction of sp³-hybridized carbons (Fsp3) is 0.143. The normalized spacial score (nSPS) is 8.59. The van der Waals surface area contributed by atoms with Gasteiger partial charge in [0.15, 0.2) is 0 Å². The van der Waals surface area contributed by atoms with Crippen LogP contribution >= 0.6 is 0 Å². The largest absolute Gasteiger partial charge is 0.748 e. The summed E-state index contributed by atoms with van der Waals surface area (Å²) >= 11 is 0. The molecule has 17 heavy (non-hydrogen) atoms. The van der Waals surface area contributed by atoms with E-state index in [-0.39, 0.29) is 28.6 Å². The number of rotatable bonds is 2. The van der Waals surface area contributed by atoms with Gasteiger partial charge in [0.2, 0.25) is 0 Å². The Morgan fingerprint density at radius 2 is 1.53 bits per heavy atom. The van der Waals surface area contributed by atoms with E-state index in [1.807, 2.05) is 30.3 Å². The van der Waals surface area contributed by atoms with Gasteiger partial charge in [0.05, 0.1) is 5.78 Å². The summed E-state index contributed by atoms with van der Waals surface area (Å²) in [7, 11) is 0. The Morgan fingerprint density at radius 1 is 1.06 bits per heavy atom. The van der Waals surface area contributed by atoms with Crippen molar-refractivity contribution in [3.05, 3.63) is 59.7 Å². The Kier molecular flexibility index (Phi) is 7.11. The van der Waals surface area contributed by atoms with Gasteiger partial charge in [-0.05, 0) is 13.8 Å². The molecular weight excluding hydrogens is 256 g/mol. The zero-order chi connectivity index (χ0) is 12.0. The molecule has 2 aromatic rings. The van der Waals surface area contributed by atoms with Crippen LogP contribution in [0.2, 0.25) is 0 Å². The minimum absolute atomic E-state index is 0. The van der Waals surface area contributed by atoms with Crippen molar-refractivity contribution < 1.29 is 26.7 Å². The summed E-state index contributed by atoms with van der Waals surface area (Å²) in [6.45, 7) is 2.92. The topological polar surface area (TPSA) is 34.1 Å². The van der Waals surface area contributed by atoms with Crippen molar-refractivity contribution in [2.75, 3.05) is 0 Å². The summed E-state index contributed by atoms with van der Waals surface area (Å²) in [6.07, 6.45) is 0. The van der Waals surface area contributed by atoms with Gasteiger partial charge in [0.1, 0.15) is 5.78 Å². The third-order valence-electron chi connectivity index (χ3n) is 2.13. The first-order valence-electron chi connectivity index (χ1n) is 5.07. The predicted octanol–water partition coefficient (Wildman–Crippen LogP) is 3.21. The molecule has 96 valence electrons. The van der Waals surface area contributed by atoms with Crippen LogP contribution in [0.15, 0.2) is 48.5 Å². The van der Waals surface area contributed by atoms with Gasteiger partial charge in [-0.1, -0.05) is 5.56 Å².